The summed E-state index contributed by atoms with van der Waals surface area (Å²) in [6.45, 7) is 10.4. The van der Waals surface area contributed by atoms with Gasteiger partial charge in [0.05, 0.1) is 13.7 Å². The molecule has 0 saturated carbocycles. The summed E-state index contributed by atoms with van der Waals surface area (Å²) in [5, 5.41) is 6.96. The molecule has 1 aromatic carbocycles. The van der Waals surface area contributed by atoms with Crippen LogP contribution in [0.3, 0.4) is 0 Å². The minimum atomic E-state index is 0. The minimum absolute atomic E-state index is 0. The number of nitrogens with one attached hydrogen (secondary N) is 2. The van der Waals surface area contributed by atoms with Crippen LogP contribution < -0.4 is 15.4 Å². The van der Waals surface area contributed by atoms with Gasteiger partial charge in [0, 0.05) is 41.8 Å². The number of rotatable bonds is 6. The highest BCUT2D eigenvalue weighted by molar-refractivity contribution is 14.0. The molecule has 1 heterocycles. The van der Waals surface area contributed by atoms with Crippen molar-refractivity contribution >= 4 is 45.9 Å². The smallest absolute Gasteiger partial charge is 0.191 e. The summed E-state index contributed by atoms with van der Waals surface area (Å²) in [5.41, 5.74) is 1.07. The van der Waals surface area contributed by atoms with Gasteiger partial charge in [0.2, 0.25) is 0 Å². The normalized spacial score (nSPS) is 16.3. The second-order valence-electron chi connectivity index (χ2n) is 6.70. The highest BCUT2D eigenvalue weighted by atomic mass is 127. The highest BCUT2D eigenvalue weighted by Crippen LogP contribution is 2.23. The lowest BCUT2D eigenvalue weighted by Crippen LogP contribution is -2.49. The van der Waals surface area contributed by atoms with Crippen LogP contribution >= 0.6 is 39.9 Å². The van der Waals surface area contributed by atoms with E-state index in [0.717, 1.165) is 54.2 Å². The van der Waals surface area contributed by atoms with Crippen molar-refractivity contribution in [1.82, 2.24) is 15.5 Å². The first kappa shape index (κ1) is 23.5. The first-order valence-corrected chi connectivity index (χ1v) is 9.94. The van der Waals surface area contributed by atoms with Gasteiger partial charge in [-0.2, -0.15) is 0 Å². The fourth-order valence-electron chi connectivity index (χ4n) is 3.11. The SMILES string of the molecule is CCNC(=NCc1cc(Br)ccc1OC)NC1CCN(C(C)C)CC1.I. The number of hydrogen-bond acceptors (Lipinski definition) is 3. The van der Waals surface area contributed by atoms with E-state index in [-0.39, 0.29) is 24.0 Å². The molecule has 1 aromatic rings. The maximum atomic E-state index is 5.44. The number of methoxy groups -OCH3 is 1. The van der Waals surface area contributed by atoms with Gasteiger partial charge in [0.1, 0.15) is 5.75 Å². The number of ether oxygens (including phenoxy) is 1. The molecule has 7 heteroatoms. The van der Waals surface area contributed by atoms with Gasteiger partial charge in [-0.05, 0) is 51.8 Å². The summed E-state index contributed by atoms with van der Waals surface area (Å²) in [6.07, 6.45) is 2.31. The molecule has 1 saturated heterocycles. The molecule has 0 aliphatic carbocycles. The highest BCUT2D eigenvalue weighted by Gasteiger charge is 2.21. The predicted molar refractivity (Wildman–Crippen MR) is 124 cm³/mol. The lowest BCUT2D eigenvalue weighted by molar-refractivity contribution is 0.167. The van der Waals surface area contributed by atoms with Gasteiger partial charge in [0.25, 0.3) is 0 Å². The Hall–Kier alpha value is -0.540. The average Bonchev–Trinajstić information content (AvgIpc) is 2.60. The lowest BCUT2D eigenvalue weighted by Gasteiger charge is -2.35. The Morgan fingerprint density at radius 2 is 2.04 bits per heavy atom. The van der Waals surface area contributed by atoms with Crippen LogP contribution in [0.1, 0.15) is 39.2 Å². The molecule has 0 unspecified atom stereocenters. The van der Waals surface area contributed by atoms with Gasteiger partial charge in [-0.1, -0.05) is 15.9 Å². The molecule has 148 valence electrons. The fraction of sp³-hybridized carbons (Fsp3) is 0.632. The van der Waals surface area contributed by atoms with E-state index in [9.17, 15) is 0 Å². The van der Waals surface area contributed by atoms with E-state index < -0.39 is 0 Å². The standard InChI is InChI=1S/C19H31BrN4O.HI/c1-5-21-19(23-17-8-10-24(11-9-17)14(2)3)22-13-15-12-16(20)6-7-18(15)25-4;/h6-7,12,14,17H,5,8-11,13H2,1-4H3,(H2,21,22,23);1H. The molecule has 0 aromatic heterocycles. The maximum Gasteiger partial charge on any atom is 0.191 e. The molecule has 2 N–H and O–H groups in total. The molecule has 1 fully saturated rings. The predicted octanol–water partition coefficient (Wildman–Crippen LogP) is 4.00. The van der Waals surface area contributed by atoms with Crippen molar-refractivity contribution in [2.24, 2.45) is 4.99 Å². The van der Waals surface area contributed by atoms with Crippen LogP contribution in [0, 0.1) is 0 Å². The number of guanidine groups is 1. The number of benzene rings is 1. The third-order valence-electron chi connectivity index (χ3n) is 4.59. The monoisotopic (exact) mass is 538 g/mol. The van der Waals surface area contributed by atoms with Crippen molar-refractivity contribution in [2.45, 2.75) is 52.2 Å². The summed E-state index contributed by atoms with van der Waals surface area (Å²) >= 11 is 3.52. The number of halogens is 2. The van der Waals surface area contributed by atoms with Gasteiger partial charge >= 0.3 is 0 Å². The van der Waals surface area contributed by atoms with Crippen LogP contribution in [0.2, 0.25) is 0 Å². The zero-order chi connectivity index (χ0) is 18.2. The Balaban J connectivity index is 0.00000338. The van der Waals surface area contributed by atoms with Gasteiger partial charge in [0.15, 0.2) is 5.96 Å². The molecule has 26 heavy (non-hydrogen) atoms. The molecule has 5 nitrogen and oxygen atoms in total. The molecule has 2 rings (SSSR count). The van der Waals surface area contributed by atoms with E-state index in [0.29, 0.717) is 18.6 Å². The third kappa shape index (κ3) is 7.23. The quantitative estimate of drug-likeness (QED) is 0.326. The van der Waals surface area contributed by atoms with E-state index in [2.05, 4.69) is 58.3 Å². The Kier molecular flexibility index (Phi) is 10.9. The van der Waals surface area contributed by atoms with Crippen molar-refractivity contribution in [3.63, 3.8) is 0 Å². The van der Waals surface area contributed by atoms with Gasteiger partial charge in [-0.15, -0.1) is 24.0 Å². The number of hydrogen-bond donors (Lipinski definition) is 2. The van der Waals surface area contributed by atoms with Gasteiger partial charge < -0.3 is 20.3 Å². The molecule has 0 radical (unpaired) electrons. The van der Waals surface area contributed by atoms with Crippen molar-refractivity contribution in [3.8, 4) is 5.75 Å². The van der Waals surface area contributed by atoms with Crippen LogP contribution in [0.5, 0.6) is 5.75 Å². The van der Waals surface area contributed by atoms with Crippen molar-refractivity contribution in [3.05, 3.63) is 28.2 Å². The summed E-state index contributed by atoms with van der Waals surface area (Å²) < 4.78 is 6.48. The van der Waals surface area contributed by atoms with Gasteiger partial charge in [-0.25, -0.2) is 4.99 Å². The Bertz CT molecular complexity index is 575. The van der Waals surface area contributed by atoms with E-state index in [4.69, 9.17) is 9.73 Å². The third-order valence-corrected chi connectivity index (χ3v) is 5.09. The topological polar surface area (TPSA) is 48.9 Å². The molecule has 0 amide bonds. The van der Waals surface area contributed by atoms with Crippen LogP contribution in [0.4, 0.5) is 0 Å². The molecule has 0 atom stereocenters. The first-order chi connectivity index (χ1) is 12.0. The van der Waals surface area contributed by atoms with Crippen molar-refractivity contribution < 1.29 is 4.74 Å². The lowest BCUT2D eigenvalue weighted by atomic mass is 10.0. The zero-order valence-electron chi connectivity index (χ0n) is 16.2. The van der Waals surface area contributed by atoms with E-state index in [1.165, 1.54) is 0 Å². The fourth-order valence-corrected chi connectivity index (χ4v) is 3.52. The van der Waals surface area contributed by atoms with Crippen LogP contribution in [-0.4, -0.2) is 49.7 Å². The molecule has 0 bridgehead atoms. The minimum Gasteiger partial charge on any atom is -0.496 e. The van der Waals surface area contributed by atoms with Crippen molar-refractivity contribution in [1.29, 1.82) is 0 Å². The van der Waals surface area contributed by atoms with Crippen molar-refractivity contribution in [2.75, 3.05) is 26.7 Å². The van der Waals surface area contributed by atoms with E-state index in [1.54, 1.807) is 7.11 Å². The van der Waals surface area contributed by atoms with Crippen LogP contribution in [-0.2, 0) is 6.54 Å². The Morgan fingerprint density at radius 3 is 2.62 bits per heavy atom. The molecule has 1 aliphatic rings. The second kappa shape index (κ2) is 12.0. The maximum absolute atomic E-state index is 5.44. The number of nitrogens with zero attached hydrogens (tertiary/aromatic N) is 2. The Labute approximate surface area is 183 Å². The molecular formula is C19H32BrIN4O. The summed E-state index contributed by atoms with van der Waals surface area (Å²) in [6, 6.07) is 7.13. The van der Waals surface area contributed by atoms with Gasteiger partial charge in [-0.3, -0.25) is 0 Å². The number of likely N-dealkylation sites (tertiary alicyclic amines) is 1. The summed E-state index contributed by atoms with van der Waals surface area (Å²) in [7, 11) is 1.70. The summed E-state index contributed by atoms with van der Waals surface area (Å²) in [5.74, 6) is 1.75. The number of piperidine rings is 1. The number of aliphatic imine (C=N–C) groups is 1. The van der Waals surface area contributed by atoms with E-state index in [1.807, 2.05) is 12.1 Å². The molecule has 0 spiro atoms. The average molecular weight is 539 g/mol. The van der Waals surface area contributed by atoms with Crippen LogP contribution in [0.25, 0.3) is 0 Å². The zero-order valence-corrected chi connectivity index (χ0v) is 20.1. The van der Waals surface area contributed by atoms with Crippen LogP contribution in [0.15, 0.2) is 27.7 Å². The summed E-state index contributed by atoms with van der Waals surface area (Å²) in [4.78, 5) is 7.30. The molecular weight excluding hydrogens is 507 g/mol. The first-order valence-electron chi connectivity index (χ1n) is 9.14. The Morgan fingerprint density at radius 1 is 1.35 bits per heavy atom. The second-order valence-corrected chi connectivity index (χ2v) is 7.62. The largest absolute Gasteiger partial charge is 0.496 e. The molecule has 1 aliphatic heterocycles. The van der Waals surface area contributed by atoms with E-state index >= 15 is 0 Å².